The molecule has 2 N–H and O–H groups in total. The van der Waals surface area contributed by atoms with Crippen molar-refractivity contribution in [2.45, 2.75) is 19.4 Å². The Morgan fingerprint density at radius 2 is 2.00 bits per heavy atom. The third-order valence-electron chi connectivity index (χ3n) is 4.31. The Morgan fingerprint density at radius 1 is 1.22 bits per heavy atom. The quantitative estimate of drug-likeness (QED) is 0.907. The Kier molecular flexibility index (Phi) is 4.57. The lowest BCUT2D eigenvalue weighted by molar-refractivity contribution is 0.0634. The maximum atomic E-state index is 12.8. The molecule has 1 aromatic heterocycles. The molecule has 23 heavy (non-hydrogen) atoms. The van der Waals surface area contributed by atoms with Crippen molar-refractivity contribution in [2.75, 3.05) is 19.6 Å². The number of amides is 1. The molecule has 5 nitrogen and oxygen atoms in total. The summed E-state index contributed by atoms with van der Waals surface area (Å²) in [4.78, 5) is 28.4. The van der Waals surface area contributed by atoms with Crippen LogP contribution in [0.5, 0.6) is 0 Å². The zero-order chi connectivity index (χ0) is 16.2. The van der Waals surface area contributed by atoms with Gasteiger partial charge in [0, 0.05) is 31.9 Å². The van der Waals surface area contributed by atoms with Crippen molar-refractivity contribution in [1.82, 2.24) is 15.2 Å². The van der Waals surface area contributed by atoms with Gasteiger partial charge in [-0.1, -0.05) is 31.2 Å². The highest BCUT2D eigenvalue weighted by atomic mass is 16.2. The van der Waals surface area contributed by atoms with Crippen molar-refractivity contribution in [3.63, 3.8) is 0 Å². The topological polar surface area (TPSA) is 65.2 Å². The number of piperazine rings is 1. The minimum atomic E-state index is -0.200. The van der Waals surface area contributed by atoms with Crippen molar-refractivity contribution in [1.29, 1.82) is 0 Å². The van der Waals surface area contributed by atoms with E-state index < -0.39 is 0 Å². The lowest BCUT2D eigenvalue weighted by atomic mass is 10.00. The summed E-state index contributed by atoms with van der Waals surface area (Å²) >= 11 is 0. The largest absolute Gasteiger partial charge is 0.329 e. The van der Waals surface area contributed by atoms with Gasteiger partial charge in [0.25, 0.3) is 5.91 Å². The van der Waals surface area contributed by atoms with E-state index in [1.165, 1.54) is 17.8 Å². The second-order valence-electron chi connectivity index (χ2n) is 5.76. The average Bonchev–Trinajstić information content (AvgIpc) is 2.62. The molecule has 2 aromatic rings. The summed E-state index contributed by atoms with van der Waals surface area (Å²) in [5.74, 6) is -0.0488. The van der Waals surface area contributed by atoms with Gasteiger partial charge in [-0.25, -0.2) is 0 Å². The van der Waals surface area contributed by atoms with Gasteiger partial charge in [-0.2, -0.15) is 0 Å². The molecule has 0 saturated carbocycles. The first-order valence-electron chi connectivity index (χ1n) is 7.98. The molecule has 0 spiro atoms. The van der Waals surface area contributed by atoms with Crippen LogP contribution in [0.4, 0.5) is 0 Å². The summed E-state index contributed by atoms with van der Waals surface area (Å²) in [6.07, 6.45) is 2.49. The lowest BCUT2D eigenvalue weighted by Gasteiger charge is -2.36. The van der Waals surface area contributed by atoms with Crippen LogP contribution in [-0.2, 0) is 6.42 Å². The molecule has 0 aliphatic carbocycles. The van der Waals surface area contributed by atoms with Gasteiger partial charge in [0.2, 0.25) is 5.56 Å². The second kappa shape index (κ2) is 6.79. The highest BCUT2D eigenvalue weighted by molar-refractivity contribution is 5.94. The maximum Gasteiger partial charge on any atom is 0.255 e. The minimum absolute atomic E-state index is 0.00841. The zero-order valence-corrected chi connectivity index (χ0v) is 13.2. The predicted octanol–water partition coefficient (Wildman–Crippen LogP) is 1.72. The number of nitrogens with one attached hydrogen (secondary N) is 2. The van der Waals surface area contributed by atoms with Crippen molar-refractivity contribution < 1.29 is 4.79 Å². The summed E-state index contributed by atoms with van der Waals surface area (Å²) in [6.45, 7) is 4.29. The molecule has 1 aliphatic rings. The number of H-pyrrole nitrogens is 1. The molecule has 1 aromatic carbocycles. The van der Waals surface area contributed by atoms with Gasteiger partial charge in [0.05, 0.1) is 11.6 Å². The molecule has 1 saturated heterocycles. The van der Waals surface area contributed by atoms with E-state index in [1.54, 1.807) is 6.07 Å². The number of nitrogens with zero attached hydrogens (tertiary/aromatic N) is 1. The molecule has 5 heteroatoms. The van der Waals surface area contributed by atoms with Gasteiger partial charge in [0.15, 0.2) is 0 Å². The Bertz CT molecular complexity index is 716. The fraction of sp³-hybridized carbons (Fsp3) is 0.333. The van der Waals surface area contributed by atoms with Crippen LogP contribution in [-0.4, -0.2) is 35.4 Å². The predicted molar refractivity (Wildman–Crippen MR) is 89.5 cm³/mol. The zero-order valence-electron chi connectivity index (χ0n) is 13.2. The Morgan fingerprint density at radius 3 is 2.65 bits per heavy atom. The number of aryl methyl sites for hydroxylation is 1. The van der Waals surface area contributed by atoms with E-state index in [1.807, 2.05) is 4.90 Å². The number of aromatic nitrogens is 1. The van der Waals surface area contributed by atoms with E-state index in [2.05, 4.69) is 41.5 Å². The summed E-state index contributed by atoms with van der Waals surface area (Å²) in [6, 6.07) is 11.4. The molecule has 1 unspecified atom stereocenters. The molecule has 1 fully saturated rings. The molecule has 3 rings (SSSR count). The van der Waals surface area contributed by atoms with E-state index in [0.29, 0.717) is 12.1 Å². The van der Waals surface area contributed by atoms with Gasteiger partial charge in [-0.3, -0.25) is 9.59 Å². The Balaban J connectivity index is 1.86. The molecule has 0 radical (unpaired) electrons. The lowest BCUT2D eigenvalue weighted by Crippen LogP contribution is -2.48. The SMILES string of the molecule is CCc1ccc(C2CNCCN2C(=O)c2ccc(=O)[nH]c2)cc1. The van der Waals surface area contributed by atoms with E-state index in [0.717, 1.165) is 25.1 Å². The van der Waals surface area contributed by atoms with E-state index in [4.69, 9.17) is 0 Å². The van der Waals surface area contributed by atoms with Crippen molar-refractivity contribution >= 4 is 5.91 Å². The highest BCUT2D eigenvalue weighted by Gasteiger charge is 2.28. The molecule has 1 amide bonds. The summed E-state index contributed by atoms with van der Waals surface area (Å²) in [5.41, 5.74) is 2.73. The number of carbonyl (C=O) groups is 1. The van der Waals surface area contributed by atoms with Crippen LogP contribution in [0.1, 0.15) is 34.5 Å². The smallest absolute Gasteiger partial charge is 0.255 e. The fourth-order valence-electron chi connectivity index (χ4n) is 2.93. The number of rotatable bonds is 3. The molecule has 2 heterocycles. The highest BCUT2D eigenvalue weighted by Crippen LogP contribution is 2.24. The molecule has 1 atom stereocenters. The standard InChI is InChI=1S/C18H21N3O2/c1-2-13-3-5-14(6-4-13)16-12-19-9-10-21(16)18(23)15-7-8-17(22)20-11-15/h3-8,11,16,19H,2,9-10,12H2,1H3,(H,20,22). The monoisotopic (exact) mass is 311 g/mol. The number of aromatic amines is 1. The van der Waals surface area contributed by atoms with Crippen LogP contribution in [0.25, 0.3) is 0 Å². The molecular weight excluding hydrogens is 290 g/mol. The third-order valence-corrected chi connectivity index (χ3v) is 4.31. The third kappa shape index (κ3) is 3.35. The number of carbonyl (C=O) groups excluding carboxylic acids is 1. The normalized spacial score (nSPS) is 18.0. The van der Waals surface area contributed by atoms with Crippen LogP contribution in [0.3, 0.4) is 0 Å². The molecule has 1 aliphatic heterocycles. The van der Waals surface area contributed by atoms with Gasteiger partial charge in [0.1, 0.15) is 0 Å². The molecule has 0 bridgehead atoms. The van der Waals surface area contributed by atoms with Gasteiger partial charge >= 0.3 is 0 Å². The Hall–Kier alpha value is -2.40. The van der Waals surface area contributed by atoms with Gasteiger partial charge in [-0.05, 0) is 23.6 Å². The van der Waals surface area contributed by atoms with Crippen LogP contribution in [0.15, 0.2) is 47.4 Å². The number of hydrogen-bond acceptors (Lipinski definition) is 3. The van der Waals surface area contributed by atoms with Gasteiger partial charge in [-0.15, -0.1) is 0 Å². The fourth-order valence-corrected chi connectivity index (χ4v) is 2.93. The van der Waals surface area contributed by atoms with E-state index in [-0.39, 0.29) is 17.5 Å². The second-order valence-corrected chi connectivity index (χ2v) is 5.76. The van der Waals surface area contributed by atoms with Gasteiger partial charge < -0.3 is 15.2 Å². The first kappa shape index (κ1) is 15.5. The summed E-state index contributed by atoms with van der Waals surface area (Å²) in [5, 5.41) is 3.36. The van der Waals surface area contributed by atoms with Crippen LogP contribution < -0.4 is 10.9 Å². The number of pyridine rings is 1. The molecular formula is C18H21N3O2. The van der Waals surface area contributed by atoms with Crippen molar-refractivity contribution in [2.24, 2.45) is 0 Å². The number of benzene rings is 1. The van der Waals surface area contributed by atoms with Crippen molar-refractivity contribution in [3.8, 4) is 0 Å². The summed E-state index contributed by atoms with van der Waals surface area (Å²) < 4.78 is 0. The summed E-state index contributed by atoms with van der Waals surface area (Å²) in [7, 11) is 0. The first-order valence-corrected chi connectivity index (χ1v) is 7.98. The number of hydrogen-bond donors (Lipinski definition) is 2. The van der Waals surface area contributed by atoms with E-state index >= 15 is 0 Å². The molecule has 120 valence electrons. The average molecular weight is 311 g/mol. The van der Waals surface area contributed by atoms with Crippen LogP contribution in [0.2, 0.25) is 0 Å². The first-order chi connectivity index (χ1) is 11.2. The van der Waals surface area contributed by atoms with E-state index in [9.17, 15) is 9.59 Å². The van der Waals surface area contributed by atoms with Crippen LogP contribution in [0, 0.1) is 0 Å². The minimum Gasteiger partial charge on any atom is -0.329 e. The van der Waals surface area contributed by atoms with Crippen LogP contribution >= 0.6 is 0 Å². The van der Waals surface area contributed by atoms with Crippen molar-refractivity contribution in [3.05, 3.63) is 69.6 Å². The Labute approximate surface area is 135 Å². The maximum absolute atomic E-state index is 12.8.